The van der Waals surface area contributed by atoms with E-state index in [0.717, 1.165) is 23.2 Å². The van der Waals surface area contributed by atoms with Crippen molar-refractivity contribution in [1.29, 1.82) is 0 Å². The molecule has 3 heteroatoms. The fraction of sp³-hybridized carbons (Fsp3) is 0.300. The summed E-state index contributed by atoms with van der Waals surface area (Å²) in [5.41, 5.74) is 8.36. The van der Waals surface area contributed by atoms with Gasteiger partial charge in [0.2, 0.25) is 0 Å². The summed E-state index contributed by atoms with van der Waals surface area (Å²) in [6.45, 7) is 0. The molecule has 2 aliphatic rings. The van der Waals surface area contributed by atoms with Crippen LogP contribution in [0.5, 0.6) is 0 Å². The van der Waals surface area contributed by atoms with Crippen molar-refractivity contribution in [2.75, 3.05) is 5.73 Å². The normalized spacial score (nSPS) is 28.8. The Morgan fingerprint density at radius 2 is 2.31 bits per heavy atom. The number of rotatable bonds is 0. The van der Waals surface area contributed by atoms with Crippen LogP contribution in [0.4, 0.5) is 5.69 Å². The molecule has 1 aliphatic carbocycles. The van der Waals surface area contributed by atoms with Crippen molar-refractivity contribution in [1.82, 2.24) is 5.32 Å². The zero-order chi connectivity index (χ0) is 9.00. The van der Waals surface area contributed by atoms with Gasteiger partial charge in [-0.25, -0.2) is 0 Å². The van der Waals surface area contributed by atoms with Crippen LogP contribution in [0.25, 0.3) is 0 Å². The lowest BCUT2D eigenvalue weighted by atomic mass is 9.99. The monoisotopic (exact) mass is 174 g/mol. The molecule has 3 rings (SSSR count). The molecule has 0 radical (unpaired) electrons. The summed E-state index contributed by atoms with van der Waals surface area (Å²) < 4.78 is 0. The number of nitrogens with one attached hydrogen (secondary N) is 1. The molecular weight excluding hydrogens is 164 g/mol. The highest BCUT2D eigenvalue weighted by Gasteiger charge is 2.45. The number of fused-ring (bicyclic) bond motifs is 3. The number of hydrogen-bond donors (Lipinski definition) is 2. The molecule has 0 bridgehead atoms. The van der Waals surface area contributed by atoms with E-state index < -0.39 is 0 Å². The standard InChI is InChI=1S/C10H10N2O/c11-5-1-2-6-7(3-5)8-4-9(8)12-10(6)13/h1-3,8-9H,4,11H2,(H,12,13). The minimum absolute atomic E-state index is 0.0498. The Kier molecular flexibility index (Phi) is 1.09. The molecule has 66 valence electrons. The zero-order valence-electron chi connectivity index (χ0n) is 7.08. The lowest BCUT2D eigenvalue weighted by molar-refractivity contribution is 0.0944. The summed E-state index contributed by atoms with van der Waals surface area (Å²) >= 11 is 0. The number of nitrogens with two attached hydrogens (primary N) is 1. The van der Waals surface area contributed by atoms with Gasteiger partial charge in [0.1, 0.15) is 0 Å². The maximum absolute atomic E-state index is 11.5. The molecule has 1 aromatic rings. The summed E-state index contributed by atoms with van der Waals surface area (Å²) in [6, 6.07) is 5.90. The van der Waals surface area contributed by atoms with E-state index in [9.17, 15) is 4.79 Å². The van der Waals surface area contributed by atoms with Crippen LogP contribution in [-0.2, 0) is 0 Å². The zero-order valence-corrected chi connectivity index (χ0v) is 7.08. The van der Waals surface area contributed by atoms with Gasteiger partial charge in [0.05, 0.1) is 0 Å². The van der Waals surface area contributed by atoms with Gasteiger partial charge in [0, 0.05) is 23.2 Å². The average molecular weight is 174 g/mol. The Morgan fingerprint density at radius 1 is 1.46 bits per heavy atom. The molecule has 1 heterocycles. The number of benzene rings is 1. The van der Waals surface area contributed by atoms with Gasteiger partial charge in [-0.2, -0.15) is 0 Å². The van der Waals surface area contributed by atoms with Crippen molar-refractivity contribution >= 4 is 11.6 Å². The predicted molar refractivity (Wildman–Crippen MR) is 49.5 cm³/mol. The van der Waals surface area contributed by atoms with Gasteiger partial charge in [-0.15, -0.1) is 0 Å². The van der Waals surface area contributed by atoms with E-state index in [1.165, 1.54) is 0 Å². The largest absolute Gasteiger partial charge is 0.399 e. The van der Waals surface area contributed by atoms with Crippen LogP contribution in [-0.4, -0.2) is 11.9 Å². The minimum atomic E-state index is 0.0498. The second-order valence-electron chi connectivity index (χ2n) is 3.77. The molecule has 0 aromatic heterocycles. The first kappa shape index (κ1) is 6.95. The van der Waals surface area contributed by atoms with Gasteiger partial charge in [0.15, 0.2) is 0 Å². The van der Waals surface area contributed by atoms with E-state index in [1.54, 1.807) is 6.07 Å². The molecule has 0 saturated heterocycles. The first-order chi connectivity index (χ1) is 6.25. The van der Waals surface area contributed by atoms with Gasteiger partial charge in [-0.05, 0) is 30.2 Å². The van der Waals surface area contributed by atoms with Gasteiger partial charge >= 0.3 is 0 Å². The van der Waals surface area contributed by atoms with Crippen LogP contribution in [0, 0.1) is 0 Å². The first-order valence-electron chi connectivity index (χ1n) is 4.46. The maximum Gasteiger partial charge on any atom is 0.251 e. The quantitative estimate of drug-likeness (QED) is 0.573. The molecule has 1 aromatic carbocycles. The second-order valence-corrected chi connectivity index (χ2v) is 3.77. The summed E-state index contributed by atoms with van der Waals surface area (Å²) in [7, 11) is 0. The molecule has 3 nitrogen and oxygen atoms in total. The highest BCUT2D eigenvalue weighted by molar-refractivity contribution is 5.98. The third-order valence-electron chi connectivity index (χ3n) is 2.83. The van der Waals surface area contributed by atoms with Crippen LogP contribution in [0.1, 0.15) is 28.3 Å². The molecule has 1 saturated carbocycles. The van der Waals surface area contributed by atoms with Crippen molar-refractivity contribution in [2.45, 2.75) is 18.4 Å². The molecule has 3 N–H and O–H groups in total. The Balaban J connectivity index is 2.20. The highest BCUT2D eigenvalue weighted by Crippen LogP contribution is 2.45. The average Bonchev–Trinajstić information content (AvgIpc) is 2.83. The first-order valence-corrected chi connectivity index (χ1v) is 4.46. The topological polar surface area (TPSA) is 55.1 Å². The van der Waals surface area contributed by atoms with Crippen molar-refractivity contribution in [3.63, 3.8) is 0 Å². The molecule has 0 spiro atoms. The van der Waals surface area contributed by atoms with Crippen molar-refractivity contribution in [3.8, 4) is 0 Å². The lowest BCUT2D eigenvalue weighted by Crippen LogP contribution is -2.31. The third kappa shape index (κ3) is 0.869. The molecule has 1 fully saturated rings. The summed E-state index contributed by atoms with van der Waals surface area (Å²) in [4.78, 5) is 11.5. The molecular formula is C10H10N2O. The van der Waals surface area contributed by atoms with Gasteiger partial charge in [-0.3, -0.25) is 4.79 Å². The van der Waals surface area contributed by atoms with Gasteiger partial charge in [0.25, 0.3) is 5.91 Å². The van der Waals surface area contributed by atoms with E-state index >= 15 is 0 Å². The van der Waals surface area contributed by atoms with Crippen LogP contribution in [0.2, 0.25) is 0 Å². The van der Waals surface area contributed by atoms with Gasteiger partial charge in [-0.1, -0.05) is 0 Å². The van der Waals surface area contributed by atoms with Crippen LogP contribution in [0.15, 0.2) is 18.2 Å². The Hall–Kier alpha value is -1.51. The number of anilines is 1. The molecule has 2 unspecified atom stereocenters. The molecule has 1 amide bonds. The SMILES string of the molecule is Nc1ccc2c(c1)C1CC1NC2=O. The fourth-order valence-electron chi connectivity index (χ4n) is 2.04. The fourth-order valence-corrected chi connectivity index (χ4v) is 2.04. The van der Waals surface area contributed by atoms with E-state index in [1.807, 2.05) is 12.1 Å². The predicted octanol–water partition coefficient (Wildman–Crippen LogP) is 0.868. The van der Waals surface area contributed by atoms with Crippen molar-refractivity contribution in [3.05, 3.63) is 29.3 Å². The Bertz CT molecular complexity index is 400. The molecule has 2 atom stereocenters. The van der Waals surface area contributed by atoms with E-state index in [0.29, 0.717) is 12.0 Å². The van der Waals surface area contributed by atoms with Crippen LogP contribution in [0.3, 0.4) is 0 Å². The molecule has 1 aliphatic heterocycles. The van der Waals surface area contributed by atoms with E-state index in [4.69, 9.17) is 5.73 Å². The van der Waals surface area contributed by atoms with Crippen molar-refractivity contribution < 1.29 is 4.79 Å². The van der Waals surface area contributed by atoms with Gasteiger partial charge < -0.3 is 11.1 Å². The number of carbonyl (C=O) groups is 1. The van der Waals surface area contributed by atoms with Crippen LogP contribution < -0.4 is 11.1 Å². The highest BCUT2D eigenvalue weighted by atomic mass is 16.1. The second kappa shape index (κ2) is 2.05. The van der Waals surface area contributed by atoms with Crippen molar-refractivity contribution in [2.24, 2.45) is 0 Å². The van der Waals surface area contributed by atoms with Crippen LogP contribution >= 0.6 is 0 Å². The smallest absolute Gasteiger partial charge is 0.251 e. The number of carbonyl (C=O) groups excluding carboxylic acids is 1. The lowest BCUT2D eigenvalue weighted by Gasteiger charge is -2.15. The van der Waals surface area contributed by atoms with E-state index in [-0.39, 0.29) is 5.91 Å². The summed E-state index contributed by atoms with van der Waals surface area (Å²) in [5.74, 6) is 0.574. The summed E-state index contributed by atoms with van der Waals surface area (Å²) in [6.07, 6.45) is 1.07. The number of nitrogen functional groups attached to an aromatic ring is 1. The third-order valence-corrected chi connectivity index (χ3v) is 2.83. The molecule has 13 heavy (non-hydrogen) atoms. The maximum atomic E-state index is 11.5. The van der Waals surface area contributed by atoms with E-state index in [2.05, 4.69) is 5.32 Å². The minimum Gasteiger partial charge on any atom is -0.399 e. The Labute approximate surface area is 75.9 Å². The number of hydrogen-bond acceptors (Lipinski definition) is 2. The number of amides is 1. The Morgan fingerprint density at radius 3 is 3.15 bits per heavy atom. The summed E-state index contributed by atoms with van der Waals surface area (Å²) in [5, 5.41) is 2.95.